The largest absolute Gasteiger partial charge is 0.453 e. The first kappa shape index (κ1) is 28.5. The van der Waals surface area contributed by atoms with E-state index in [0.717, 1.165) is 0 Å². The molecule has 0 saturated carbocycles. The Labute approximate surface area is 241 Å². The number of anilines is 2. The van der Waals surface area contributed by atoms with Gasteiger partial charge in [0.1, 0.15) is 11.5 Å². The molecule has 0 saturated heterocycles. The SMILES string of the molecule is CC[C@H]1CCC[C@H](NC(=O)c2cn(-c3cccc(C)c3F)nn2)c2ncc([nH]2)-c2ccc(NC(=O)OC)cc2NC1=O. The topological polar surface area (TPSA) is 156 Å². The quantitative estimate of drug-likeness (QED) is 0.264. The molecule has 2 bridgehead atoms. The first-order chi connectivity index (χ1) is 20.3. The molecule has 0 aliphatic carbocycles. The third-order valence-corrected chi connectivity index (χ3v) is 7.28. The number of rotatable bonds is 5. The van der Waals surface area contributed by atoms with Crippen LogP contribution in [0.3, 0.4) is 0 Å². The summed E-state index contributed by atoms with van der Waals surface area (Å²) < 4.78 is 20.5. The summed E-state index contributed by atoms with van der Waals surface area (Å²) in [5.41, 5.74) is 2.87. The van der Waals surface area contributed by atoms with Crippen molar-refractivity contribution in [3.63, 3.8) is 0 Å². The highest BCUT2D eigenvalue weighted by molar-refractivity contribution is 5.98. The predicted octanol–water partition coefficient (Wildman–Crippen LogP) is 4.90. The van der Waals surface area contributed by atoms with Crippen LogP contribution < -0.4 is 16.0 Å². The van der Waals surface area contributed by atoms with Crippen molar-refractivity contribution in [3.8, 4) is 16.9 Å². The second-order valence-electron chi connectivity index (χ2n) is 10.1. The van der Waals surface area contributed by atoms with E-state index in [1.807, 2.05) is 6.92 Å². The van der Waals surface area contributed by atoms with E-state index in [2.05, 4.69) is 41.0 Å². The molecule has 0 fully saturated rings. The van der Waals surface area contributed by atoms with Crippen LogP contribution in [0.1, 0.15) is 60.5 Å². The molecule has 1 aliphatic rings. The zero-order valence-electron chi connectivity index (χ0n) is 23.4. The summed E-state index contributed by atoms with van der Waals surface area (Å²) in [5, 5.41) is 16.5. The normalized spacial score (nSPS) is 16.8. The molecule has 1 aliphatic heterocycles. The molecule has 12 nitrogen and oxygen atoms in total. The van der Waals surface area contributed by atoms with E-state index in [-0.39, 0.29) is 23.2 Å². The van der Waals surface area contributed by atoms with Crippen molar-refractivity contribution in [1.29, 1.82) is 0 Å². The molecule has 4 aromatic rings. The number of fused-ring (bicyclic) bond motifs is 4. The number of benzene rings is 2. The molecule has 2 aromatic carbocycles. The Morgan fingerprint density at radius 3 is 2.83 bits per heavy atom. The van der Waals surface area contributed by atoms with E-state index < -0.39 is 23.9 Å². The summed E-state index contributed by atoms with van der Waals surface area (Å²) in [4.78, 5) is 46.0. The predicted molar refractivity (Wildman–Crippen MR) is 153 cm³/mol. The Balaban J connectivity index is 1.44. The molecule has 2 aromatic heterocycles. The van der Waals surface area contributed by atoms with Gasteiger partial charge in [0.2, 0.25) is 5.91 Å². The Morgan fingerprint density at radius 2 is 2.05 bits per heavy atom. The lowest BCUT2D eigenvalue weighted by molar-refractivity contribution is -0.120. The molecule has 0 unspecified atom stereocenters. The summed E-state index contributed by atoms with van der Waals surface area (Å²) in [6, 6.07) is 9.48. The minimum Gasteiger partial charge on any atom is -0.453 e. The average molecular weight is 575 g/mol. The molecule has 3 heterocycles. The maximum Gasteiger partial charge on any atom is 0.411 e. The fourth-order valence-corrected chi connectivity index (χ4v) is 4.91. The summed E-state index contributed by atoms with van der Waals surface area (Å²) >= 11 is 0. The van der Waals surface area contributed by atoms with Crippen LogP contribution in [0.15, 0.2) is 48.8 Å². The fourth-order valence-electron chi connectivity index (χ4n) is 4.91. The highest BCUT2D eigenvalue weighted by atomic mass is 19.1. The Morgan fingerprint density at radius 1 is 1.21 bits per heavy atom. The summed E-state index contributed by atoms with van der Waals surface area (Å²) in [7, 11) is 1.27. The Hall–Kier alpha value is -5.07. The van der Waals surface area contributed by atoms with Crippen LogP contribution in [-0.2, 0) is 9.53 Å². The van der Waals surface area contributed by atoms with Gasteiger partial charge in [0.15, 0.2) is 11.5 Å². The third kappa shape index (κ3) is 5.99. The van der Waals surface area contributed by atoms with E-state index in [1.165, 1.54) is 18.0 Å². The molecular formula is C29H31FN8O4. The number of hydrogen-bond donors (Lipinski definition) is 4. The number of aromatic nitrogens is 5. The minimum atomic E-state index is -0.632. The number of nitrogens with one attached hydrogen (secondary N) is 4. The minimum absolute atomic E-state index is 0.0237. The lowest BCUT2D eigenvalue weighted by Gasteiger charge is -2.21. The number of nitrogens with zero attached hydrogens (tertiary/aromatic N) is 4. The number of ether oxygens (including phenoxy) is 1. The maximum absolute atomic E-state index is 14.6. The van der Waals surface area contributed by atoms with Crippen molar-refractivity contribution in [2.24, 2.45) is 5.92 Å². The summed E-state index contributed by atoms with van der Waals surface area (Å²) in [6.07, 6.45) is 4.72. The van der Waals surface area contributed by atoms with Crippen molar-refractivity contribution in [3.05, 3.63) is 71.7 Å². The van der Waals surface area contributed by atoms with E-state index in [4.69, 9.17) is 0 Å². The standard InChI is InChI=1S/C29H31FN8O4/c1-4-17-8-6-9-20(34-28(40)23-15-38(37-36-23)24-10-5-7-16(2)25(24)30)26-31-14-22(33-26)19-12-11-18(32-29(41)42-3)13-21(19)35-27(17)39/h5,7,10-15,17,20H,4,6,8-9H2,1-3H3,(H,31,33)(H,32,41)(H,34,40)(H,35,39)/t17-,20-/m0/s1. The van der Waals surface area contributed by atoms with Gasteiger partial charge in [0, 0.05) is 17.2 Å². The number of halogens is 1. The van der Waals surface area contributed by atoms with Gasteiger partial charge >= 0.3 is 6.09 Å². The first-order valence-electron chi connectivity index (χ1n) is 13.6. The second-order valence-corrected chi connectivity index (χ2v) is 10.1. The molecule has 2 atom stereocenters. The number of methoxy groups -OCH3 is 1. The number of hydrogen-bond acceptors (Lipinski definition) is 7. The smallest absolute Gasteiger partial charge is 0.411 e. The van der Waals surface area contributed by atoms with Crippen LogP contribution in [0.2, 0.25) is 0 Å². The van der Waals surface area contributed by atoms with Crippen molar-refractivity contribution < 1.29 is 23.5 Å². The number of amides is 3. The fraction of sp³-hybridized carbons (Fsp3) is 0.310. The molecule has 42 heavy (non-hydrogen) atoms. The van der Waals surface area contributed by atoms with Crippen molar-refractivity contribution >= 4 is 29.3 Å². The van der Waals surface area contributed by atoms with Gasteiger partial charge in [-0.1, -0.05) is 30.7 Å². The molecule has 5 rings (SSSR count). The highest BCUT2D eigenvalue weighted by Gasteiger charge is 2.25. The van der Waals surface area contributed by atoms with Crippen molar-refractivity contribution in [2.45, 2.75) is 45.6 Å². The molecule has 3 amide bonds. The number of H-pyrrole nitrogens is 1. The van der Waals surface area contributed by atoms with Gasteiger partial charge in [-0.3, -0.25) is 14.9 Å². The lowest BCUT2D eigenvalue weighted by Crippen LogP contribution is -2.30. The molecular weight excluding hydrogens is 543 g/mol. The van der Waals surface area contributed by atoms with E-state index in [0.29, 0.717) is 59.7 Å². The van der Waals surface area contributed by atoms with Crippen LogP contribution in [0.4, 0.5) is 20.6 Å². The maximum atomic E-state index is 14.6. The van der Waals surface area contributed by atoms with Gasteiger partial charge < -0.3 is 20.4 Å². The van der Waals surface area contributed by atoms with Crippen LogP contribution in [0, 0.1) is 18.7 Å². The van der Waals surface area contributed by atoms with E-state index >= 15 is 0 Å². The van der Waals surface area contributed by atoms with E-state index in [9.17, 15) is 18.8 Å². The lowest BCUT2D eigenvalue weighted by atomic mass is 9.95. The Kier molecular flexibility index (Phi) is 8.27. The number of aromatic amines is 1. The average Bonchev–Trinajstić information content (AvgIpc) is 3.66. The third-order valence-electron chi connectivity index (χ3n) is 7.28. The molecule has 4 N–H and O–H groups in total. The zero-order chi connectivity index (χ0) is 29.8. The molecule has 218 valence electrons. The van der Waals surface area contributed by atoms with Crippen LogP contribution >= 0.6 is 0 Å². The van der Waals surface area contributed by atoms with Crippen LogP contribution in [-0.4, -0.2) is 50.0 Å². The van der Waals surface area contributed by atoms with Gasteiger partial charge in [-0.15, -0.1) is 5.10 Å². The molecule has 0 spiro atoms. The summed E-state index contributed by atoms with van der Waals surface area (Å²) in [6.45, 7) is 3.59. The molecule has 13 heteroatoms. The van der Waals surface area contributed by atoms with Crippen molar-refractivity contribution in [2.75, 3.05) is 17.7 Å². The van der Waals surface area contributed by atoms with Gasteiger partial charge in [-0.2, -0.15) is 0 Å². The van der Waals surface area contributed by atoms with Gasteiger partial charge in [-0.25, -0.2) is 18.9 Å². The van der Waals surface area contributed by atoms with Crippen molar-refractivity contribution in [1.82, 2.24) is 30.3 Å². The van der Waals surface area contributed by atoms with Gasteiger partial charge in [0.05, 0.1) is 36.9 Å². The molecule has 0 radical (unpaired) electrons. The number of carbonyl (C=O) groups is 3. The number of aryl methyl sites for hydroxylation is 1. The zero-order valence-corrected chi connectivity index (χ0v) is 23.4. The highest BCUT2D eigenvalue weighted by Crippen LogP contribution is 2.33. The number of imidazole rings is 1. The van der Waals surface area contributed by atoms with Crippen LogP contribution in [0.5, 0.6) is 0 Å². The second kappa shape index (κ2) is 12.2. The van der Waals surface area contributed by atoms with Gasteiger partial charge in [0.25, 0.3) is 5.91 Å². The van der Waals surface area contributed by atoms with Gasteiger partial charge in [-0.05, 0) is 56.0 Å². The first-order valence-corrected chi connectivity index (χ1v) is 13.6. The number of carbonyl (C=O) groups excluding carboxylic acids is 3. The van der Waals surface area contributed by atoms with E-state index in [1.54, 1.807) is 49.5 Å². The Bertz CT molecular complexity index is 1630. The monoisotopic (exact) mass is 574 g/mol. The van der Waals surface area contributed by atoms with Crippen LogP contribution in [0.25, 0.3) is 16.9 Å². The summed E-state index contributed by atoms with van der Waals surface area (Å²) in [5.74, 6) is -0.822.